The summed E-state index contributed by atoms with van der Waals surface area (Å²) in [6.45, 7) is 0.164. The number of hydrogen-bond acceptors (Lipinski definition) is 2. The first-order valence-electron chi connectivity index (χ1n) is 4.18. The first-order valence-corrected chi connectivity index (χ1v) is 4.18. The van der Waals surface area contributed by atoms with Gasteiger partial charge in [-0.15, -0.1) is 0 Å². The van der Waals surface area contributed by atoms with Gasteiger partial charge in [-0.25, -0.2) is 9.18 Å². The van der Waals surface area contributed by atoms with Gasteiger partial charge in [-0.3, -0.25) is 0 Å². The molecule has 0 unspecified atom stereocenters. The molecule has 0 aliphatic carbocycles. The Morgan fingerprint density at radius 1 is 1.36 bits per heavy atom. The van der Waals surface area contributed by atoms with E-state index in [4.69, 9.17) is 4.74 Å². The number of rotatable bonds is 2. The lowest BCUT2D eigenvalue weighted by molar-refractivity contribution is 0.112. The van der Waals surface area contributed by atoms with Crippen molar-refractivity contribution >= 4 is 6.09 Å². The van der Waals surface area contributed by atoms with E-state index >= 15 is 0 Å². The van der Waals surface area contributed by atoms with Crippen LogP contribution in [0.2, 0.25) is 0 Å². The van der Waals surface area contributed by atoms with Gasteiger partial charge < -0.3 is 9.64 Å². The minimum atomic E-state index is -0.408. The van der Waals surface area contributed by atoms with Crippen molar-refractivity contribution in [2.45, 2.75) is 6.61 Å². The Kier molecular flexibility index (Phi) is 3.45. The van der Waals surface area contributed by atoms with Crippen LogP contribution in [0.4, 0.5) is 9.18 Å². The largest absolute Gasteiger partial charge is 0.445 e. The van der Waals surface area contributed by atoms with Gasteiger partial charge in [0.05, 0.1) is 0 Å². The maximum atomic E-state index is 12.5. The molecule has 4 heteroatoms. The second-order valence-electron chi connectivity index (χ2n) is 3.08. The van der Waals surface area contributed by atoms with Crippen molar-refractivity contribution in [3.63, 3.8) is 0 Å². The van der Waals surface area contributed by atoms with Crippen molar-refractivity contribution in [3.8, 4) is 0 Å². The topological polar surface area (TPSA) is 29.5 Å². The molecular formula is C10H12FNO2. The van der Waals surface area contributed by atoms with Gasteiger partial charge in [0.15, 0.2) is 0 Å². The molecule has 0 N–H and O–H groups in total. The van der Waals surface area contributed by atoms with E-state index in [0.29, 0.717) is 0 Å². The van der Waals surface area contributed by atoms with E-state index in [1.165, 1.54) is 17.0 Å². The first kappa shape index (κ1) is 10.5. The molecule has 0 spiro atoms. The van der Waals surface area contributed by atoms with E-state index in [-0.39, 0.29) is 12.4 Å². The summed E-state index contributed by atoms with van der Waals surface area (Å²) in [4.78, 5) is 12.3. The number of carbonyl (C=O) groups is 1. The quantitative estimate of drug-likeness (QED) is 0.726. The molecule has 0 atom stereocenters. The molecule has 1 amide bonds. The molecule has 0 radical (unpaired) electrons. The second-order valence-corrected chi connectivity index (χ2v) is 3.08. The SMILES string of the molecule is CN(C)C(=O)OCc1ccc(F)cc1. The molecule has 0 fully saturated rings. The van der Waals surface area contributed by atoms with Crippen molar-refractivity contribution < 1.29 is 13.9 Å². The molecule has 76 valence electrons. The third-order valence-electron chi connectivity index (χ3n) is 1.64. The molecule has 0 saturated heterocycles. The standard InChI is InChI=1S/C10H12FNO2/c1-12(2)10(13)14-7-8-3-5-9(11)6-4-8/h3-6H,7H2,1-2H3. The van der Waals surface area contributed by atoms with E-state index in [1.807, 2.05) is 0 Å². The summed E-state index contributed by atoms with van der Waals surface area (Å²) in [6, 6.07) is 5.83. The summed E-state index contributed by atoms with van der Waals surface area (Å²) in [5.41, 5.74) is 0.765. The number of hydrogen-bond donors (Lipinski definition) is 0. The Labute approximate surface area is 82.1 Å². The highest BCUT2D eigenvalue weighted by atomic mass is 19.1. The zero-order valence-electron chi connectivity index (χ0n) is 8.16. The van der Waals surface area contributed by atoms with E-state index in [2.05, 4.69) is 0 Å². The van der Waals surface area contributed by atoms with Crippen molar-refractivity contribution in [2.24, 2.45) is 0 Å². The second kappa shape index (κ2) is 4.60. The molecule has 3 nitrogen and oxygen atoms in total. The maximum Gasteiger partial charge on any atom is 0.409 e. The maximum absolute atomic E-state index is 12.5. The number of carbonyl (C=O) groups excluding carboxylic acids is 1. The molecule has 1 aromatic rings. The van der Waals surface area contributed by atoms with Crippen LogP contribution in [0.1, 0.15) is 5.56 Å². The van der Waals surface area contributed by atoms with E-state index in [9.17, 15) is 9.18 Å². The van der Waals surface area contributed by atoms with Crippen LogP contribution < -0.4 is 0 Å². The molecule has 0 aromatic heterocycles. The van der Waals surface area contributed by atoms with Crippen LogP contribution in [0.15, 0.2) is 24.3 Å². The lowest BCUT2D eigenvalue weighted by atomic mass is 10.2. The fourth-order valence-electron chi connectivity index (χ4n) is 0.855. The van der Waals surface area contributed by atoms with Gasteiger partial charge in [0.25, 0.3) is 0 Å². The van der Waals surface area contributed by atoms with Crippen LogP contribution in [0.3, 0.4) is 0 Å². The van der Waals surface area contributed by atoms with Crippen LogP contribution in [0.25, 0.3) is 0 Å². The van der Waals surface area contributed by atoms with Gasteiger partial charge in [-0.2, -0.15) is 0 Å². The zero-order chi connectivity index (χ0) is 10.6. The van der Waals surface area contributed by atoms with Gasteiger partial charge in [0.1, 0.15) is 12.4 Å². The van der Waals surface area contributed by atoms with Crippen molar-refractivity contribution in [3.05, 3.63) is 35.6 Å². The summed E-state index contributed by atoms with van der Waals surface area (Å²) in [5.74, 6) is -0.298. The molecular weight excluding hydrogens is 185 g/mol. The van der Waals surface area contributed by atoms with Crippen LogP contribution in [0.5, 0.6) is 0 Å². The summed E-state index contributed by atoms with van der Waals surface area (Å²) in [7, 11) is 3.21. The molecule has 0 heterocycles. The number of ether oxygens (including phenoxy) is 1. The average molecular weight is 197 g/mol. The normalized spacial score (nSPS) is 9.64. The monoisotopic (exact) mass is 197 g/mol. The minimum Gasteiger partial charge on any atom is -0.445 e. The van der Waals surface area contributed by atoms with Crippen LogP contribution in [-0.4, -0.2) is 25.1 Å². The Morgan fingerprint density at radius 3 is 2.43 bits per heavy atom. The Balaban J connectivity index is 2.46. The highest BCUT2D eigenvalue weighted by molar-refractivity contribution is 5.66. The molecule has 0 saturated carbocycles. The summed E-state index contributed by atoms with van der Waals surface area (Å²) < 4.78 is 17.4. The van der Waals surface area contributed by atoms with Crippen molar-refractivity contribution in [2.75, 3.05) is 14.1 Å². The van der Waals surface area contributed by atoms with E-state index in [1.54, 1.807) is 26.2 Å². The number of halogens is 1. The van der Waals surface area contributed by atoms with Gasteiger partial charge in [-0.05, 0) is 17.7 Å². The number of nitrogens with zero attached hydrogens (tertiary/aromatic N) is 1. The Morgan fingerprint density at radius 2 is 1.93 bits per heavy atom. The van der Waals surface area contributed by atoms with Crippen LogP contribution in [0, 0.1) is 5.82 Å². The highest BCUT2D eigenvalue weighted by Gasteiger charge is 2.04. The predicted octanol–water partition coefficient (Wildman–Crippen LogP) is 2.02. The fraction of sp³-hybridized carbons (Fsp3) is 0.300. The Bertz CT molecular complexity index is 308. The van der Waals surface area contributed by atoms with E-state index in [0.717, 1.165) is 5.56 Å². The summed E-state index contributed by atoms with van der Waals surface area (Å²) in [5, 5.41) is 0. The molecule has 1 aromatic carbocycles. The van der Waals surface area contributed by atoms with Gasteiger partial charge in [0, 0.05) is 14.1 Å². The predicted molar refractivity (Wildman–Crippen MR) is 50.3 cm³/mol. The summed E-state index contributed by atoms with van der Waals surface area (Å²) in [6.07, 6.45) is -0.408. The van der Waals surface area contributed by atoms with Gasteiger partial charge in [-0.1, -0.05) is 12.1 Å². The number of benzene rings is 1. The fourth-order valence-corrected chi connectivity index (χ4v) is 0.855. The lowest BCUT2D eigenvalue weighted by Gasteiger charge is -2.10. The molecule has 0 aliphatic heterocycles. The van der Waals surface area contributed by atoms with Crippen LogP contribution >= 0.6 is 0 Å². The minimum absolute atomic E-state index is 0.164. The van der Waals surface area contributed by atoms with Gasteiger partial charge >= 0.3 is 6.09 Å². The van der Waals surface area contributed by atoms with Crippen molar-refractivity contribution in [1.29, 1.82) is 0 Å². The lowest BCUT2D eigenvalue weighted by Crippen LogP contribution is -2.22. The average Bonchev–Trinajstić information content (AvgIpc) is 2.16. The third kappa shape index (κ3) is 3.05. The molecule has 0 aliphatic rings. The van der Waals surface area contributed by atoms with Crippen molar-refractivity contribution in [1.82, 2.24) is 4.90 Å². The third-order valence-corrected chi connectivity index (χ3v) is 1.64. The van der Waals surface area contributed by atoms with E-state index < -0.39 is 6.09 Å². The Hall–Kier alpha value is -1.58. The zero-order valence-corrected chi connectivity index (χ0v) is 8.16. The first-order chi connectivity index (χ1) is 6.59. The molecule has 1 rings (SSSR count). The van der Waals surface area contributed by atoms with Gasteiger partial charge in [0.2, 0.25) is 0 Å². The molecule has 14 heavy (non-hydrogen) atoms. The van der Waals surface area contributed by atoms with Crippen LogP contribution in [-0.2, 0) is 11.3 Å². The number of amides is 1. The molecule has 0 bridgehead atoms. The smallest absolute Gasteiger partial charge is 0.409 e. The highest BCUT2D eigenvalue weighted by Crippen LogP contribution is 2.04. The summed E-state index contributed by atoms with van der Waals surface area (Å²) >= 11 is 0.